The van der Waals surface area contributed by atoms with E-state index in [1.807, 2.05) is 0 Å². The van der Waals surface area contributed by atoms with Crippen LogP contribution in [-0.4, -0.2) is 23.1 Å². The number of rotatable bonds is 5. The lowest BCUT2D eigenvalue weighted by molar-refractivity contribution is -0.139. The van der Waals surface area contributed by atoms with Crippen LogP contribution in [0.3, 0.4) is 0 Å². The van der Waals surface area contributed by atoms with Gasteiger partial charge in [0, 0.05) is 5.02 Å². The van der Waals surface area contributed by atoms with E-state index in [-0.39, 0.29) is 11.4 Å². The van der Waals surface area contributed by atoms with Crippen molar-refractivity contribution in [2.45, 2.75) is 12.5 Å². The maximum atomic E-state index is 11.6. The molecule has 2 amide bonds. The second kappa shape index (κ2) is 7.01. The van der Waals surface area contributed by atoms with Gasteiger partial charge in [0.05, 0.1) is 10.7 Å². The monoisotopic (exact) mass is 302 g/mol. The number of halogens is 2. The molecule has 5 nitrogen and oxygen atoms in total. The predicted molar refractivity (Wildman–Crippen MR) is 74.9 cm³/mol. The van der Waals surface area contributed by atoms with E-state index in [4.69, 9.17) is 28.3 Å². The topological polar surface area (TPSA) is 78.4 Å². The van der Waals surface area contributed by atoms with Gasteiger partial charge < -0.3 is 15.7 Å². The molecule has 1 aromatic carbocycles. The lowest BCUT2D eigenvalue weighted by Gasteiger charge is -2.14. The van der Waals surface area contributed by atoms with E-state index < -0.39 is 18.0 Å². The molecule has 0 radical (unpaired) electrons. The summed E-state index contributed by atoms with van der Waals surface area (Å²) >= 11 is 11.6. The van der Waals surface area contributed by atoms with Gasteiger partial charge >= 0.3 is 12.0 Å². The number of nitrogens with one attached hydrogen (secondary N) is 2. The Labute approximate surface area is 120 Å². The highest BCUT2D eigenvalue weighted by atomic mass is 35.5. The van der Waals surface area contributed by atoms with Crippen LogP contribution in [0.5, 0.6) is 0 Å². The van der Waals surface area contributed by atoms with E-state index >= 15 is 0 Å². The molecule has 0 saturated carbocycles. The Morgan fingerprint density at radius 3 is 2.63 bits per heavy atom. The first-order valence-electron chi connectivity index (χ1n) is 5.30. The van der Waals surface area contributed by atoms with Crippen molar-refractivity contribution in [2.24, 2.45) is 0 Å². The average Bonchev–Trinajstić information content (AvgIpc) is 2.32. The lowest BCUT2D eigenvalue weighted by atomic mass is 10.2. The molecule has 7 heteroatoms. The summed E-state index contributed by atoms with van der Waals surface area (Å²) in [7, 11) is 0. The number of aliphatic carboxylic acids is 1. The smallest absolute Gasteiger partial charge is 0.326 e. The van der Waals surface area contributed by atoms with Crippen molar-refractivity contribution >= 4 is 40.9 Å². The SMILES string of the molecule is C=CCC(NC(=O)Nc1ccc(Cl)cc1Cl)C(=O)O. The van der Waals surface area contributed by atoms with Gasteiger partial charge in [-0.05, 0) is 24.6 Å². The van der Waals surface area contributed by atoms with Crippen molar-refractivity contribution in [2.75, 3.05) is 5.32 Å². The Morgan fingerprint density at radius 2 is 2.11 bits per heavy atom. The van der Waals surface area contributed by atoms with Crippen LogP contribution in [0.15, 0.2) is 30.9 Å². The van der Waals surface area contributed by atoms with Crippen molar-refractivity contribution in [3.63, 3.8) is 0 Å². The molecule has 1 aromatic rings. The Kier molecular flexibility index (Phi) is 5.66. The van der Waals surface area contributed by atoms with E-state index in [0.29, 0.717) is 10.7 Å². The maximum absolute atomic E-state index is 11.6. The van der Waals surface area contributed by atoms with Crippen molar-refractivity contribution in [1.29, 1.82) is 0 Å². The maximum Gasteiger partial charge on any atom is 0.326 e. The van der Waals surface area contributed by atoms with Gasteiger partial charge in [-0.1, -0.05) is 29.3 Å². The van der Waals surface area contributed by atoms with Gasteiger partial charge in [-0.3, -0.25) is 0 Å². The highest BCUT2D eigenvalue weighted by molar-refractivity contribution is 6.36. The second-order valence-corrected chi connectivity index (χ2v) is 4.48. The first kappa shape index (κ1) is 15.3. The Hall–Kier alpha value is -1.72. The highest BCUT2D eigenvalue weighted by Gasteiger charge is 2.18. The third-order valence-electron chi connectivity index (χ3n) is 2.19. The van der Waals surface area contributed by atoms with Gasteiger partial charge in [-0.25, -0.2) is 9.59 Å². The molecule has 0 aliphatic rings. The van der Waals surface area contributed by atoms with Gasteiger partial charge in [-0.2, -0.15) is 0 Å². The number of hydrogen-bond donors (Lipinski definition) is 3. The number of anilines is 1. The number of carboxylic acids is 1. The van der Waals surface area contributed by atoms with Gasteiger partial charge in [0.25, 0.3) is 0 Å². The first-order chi connectivity index (χ1) is 8.93. The van der Waals surface area contributed by atoms with Gasteiger partial charge in [-0.15, -0.1) is 6.58 Å². The zero-order valence-corrected chi connectivity index (χ0v) is 11.3. The summed E-state index contributed by atoms with van der Waals surface area (Å²) in [5.74, 6) is -1.14. The number of carboxylic acid groups (broad SMARTS) is 1. The number of urea groups is 1. The Bertz CT molecular complexity index is 506. The second-order valence-electron chi connectivity index (χ2n) is 3.64. The number of benzene rings is 1. The minimum atomic E-state index is -1.14. The molecule has 0 aliphatic carbocycles. The van der Waals surface area contributed by atoms with E-state index in [1.165, 1.54) is 18.2 Å². The molecule has 0 aromatic heterocycles. The van der Waals surface area contributed by atoms with Gasteiger partial charge in [0.2, 0.25) is 0 Å². The predicted octanol–water partition coefficient (Wildman–Crippen LogP) is 3.14. The molecule has 3 N–H and O–H groups in total. The Balaban J connectivity index is 2.68. The van der Waals surface area contributed by atoms with Crippen LogP contribution in [-0.2, 0) is 4.79 Å². The molecular formula is C12H12Cl2N2O3. The van der Waals surface area contributed by atoms with E-state index in [2.05, 4.69) is 17.2 Å². The number of amides is 2. The summed E-state index contributed by atoms with van der Waals surface area (Å²) in [5, 5.41) is 14.3. The zero-order valence-electron chi connectivity index (χ0n) is 9.82. The summed E-state index contributed by atoms with van der Waals surface area (Å²) in [6, 6.07) is 2.84. The van der Waals surface area contributed by atoms with Crippen molar-refractivity contribution < 1.29 is 14.7 Å². The molecule has 0 spiro atoms. The van der Waals surface area contributed by atoms with Gasteiger partial charge in [0.15, 0.2) is 0 Å². The molecule has 0 bridgehead atoms. The Morgan fingerprint density at radius 1 is 1.42 bits per heavy atom. The molecule has 1 unspecified atom stereocenters. The normalized spacial score (nSPS) is 11.5. The zero-order chi connectivity index (χ0) is 14.4. The number of carbonyl (C=O) groups excluding carboxylic acids is 1. The van der Waals surface area contributed by atoms with Crippen molar-refractivity contribution in [3.8, 4) is 0 Å². The van der Waals surface area contributed by atoms with Crippen LogP contribution in [0.4, 0.5) is 10.5 Å². The molecular weight excluding hydrogens is 291 g/mol. The van der Waals surface area contributed by atoms with Crippen LogP contribution < -0.4 is 10.6 Å². The summed E-state index contributed by atoms with van der Waals surface area (Å²) < 4.78 is 0. The summed E-state index contributed by atoms with van der Waals surface area (Å²) in [6.45, 7) is 3.43. The first-order valence-corrected chi connectivity index (χ1v) is 6.06. The van der Waals surface area contributed by atoms with Crippen LogP contribution in [0, 0.1) is 0 Å². The van der Waals surface area contributed by atoms with Crippen LogP contribution in [0.25, 0.3) is 0 Å². The molecule has 19 heavy (non-hydrogen) atoms. The van der Waals surface area contributed by atoms with Crippen LogP contribution in [0.2, 0.25) is 10.0 Å². The molecule has 1 rings (SSSR count). The summed E-state index contributed by atoms with van der Waals surface area (Å²) in [6.07, 6.45) is 1.53. The average molecular weight is 303 g/mol. The van der Waals surface area contributed by atoms with E-state index in [1.54, 1.807) is 6.07 Å². The lowest BCUT2D eigenvalue weighted by Crippen LogP contribution is -2.42. The fraction of sp³-hybridized carbons (Fsp3) is 0.167. The third-order valence-corrected chi connectivity index (χ3v) is 2.73. The molecule has 0 heterocycles. The minimum absolute atomic E-state index is 0.122. The third kappa shape index (κ3) is 4.81. The van der Waals surface area contributed by atoms with Crippen molar-refractivity contribution in [3.05, 3.63) is 40.9 Å². The van der Waals surface area contributed by atoms with Crippen LogP contribution >= 0.6 is 23.2 Å². The molecule has 1 atom stereocenters. The summed E-state index contributed by atoms with van der Waals surface area (Å²) in [5.41, 5.74) is 0.339. The summed E-state index contributed by atoms with van der Waals surface area (Å²) in [4.78, 5) is 22.5. The minimum Gasteiger partial charge on any atom is -0.480 e. The highest BCUT2D eigenvalue weighted by Crippen LogP contribution is 2.25. The number of hydrogen-bond acceptors (Lipinski definition) is 2. The standard InChI is InChI=1S/C12H12Cl2N2O3/c1-2-3-10(11(17)18)16-12(19)15-9-5-4-7(13)6-8(9)14/h2,4-6,10H,1,3H2,(H,17,18)(H2,15,16,19). The number of carbonyl (C=O) groups is 2. The van der Waals surface area contributed by atoms with Gasteiger partial charge in [0.1, 0.15) is 6.04 Å². The fourth-order valence-corrected chi connectivity index (χ4v) is 1.75. The van der Waals surface area contributed by atoms with Crippen molar-refractivity contribution in [1.82, 2.24) is 5.32 Å². The largest absolute Gasteiger partial charge is 0.480 e. The van der Waals surface area contributed by atoms with E-state index in [0.717, 1.165) is 0 Å². The molecule has 0 aliphatic heterocycles. The molecule has 0 saturated heterocycles. The van der Waals surface area contributed by atoms with Crippen LogP contribution in [0.1, 0.15) is 6.42 Å². The molecule has 0 fully saturated rings. The van der Waals surface area contributed by atoms with E-state index in [9.17, 15) is 9.59 Å². The molecule has 102 valence electrons. The quantitative estimate of drug-likeness (QED) is 0.731. The fourth-order valence-electron chi connectivity index (χ4n) is 1.30.